The second kappa shape index (κ2) is 5.55. The molecule has 1 N–H and O–H groups in total. The first kappa shape index (κ1) is 13.6. The molecule has 0 aromatic carbocycles. The normalized spacial score (nSPS) is 11.3. The molecule has 0 spiro atoms. The van der Waals surface area contributed by atoms with Crippen LogP contribution in [0.3, 0.4) is 0 Å². The van der Waals surface area contributed by atoms with Crippen molar-refractivity contribution in [1.82, 2.24) is 24.7 Å². The van der Waals surface area contributed by atoms with Crippen LogP contribution in [0.2, 0.25) is 5.28 Å². The highest BCUT2D eigenvalue weighted by atomic mass is 35.5. The minimum atomic E-state index is -0.212. The maximum atomic E-state index is 11.7. The van der Waals surface area contributed by atoms with Gasteiger partial charge in [-0.15, -0.1) is 16.4 Å². The van der Waals surface area contributed by atoms with Crippen LogP contribution in [0.4, 0.5) is 0 Å². The van der Waals surface area contributed by atoms with Crippen LogP contribution in [0, 0.1) is 0 Å². The van der Waals surface area contributed by atoms with Gasteiger partial charge in [0, 0.05) is 11.9 Å². The molecule has 0 amide bonds. The number of fused-ring (bicyclic) bond motifs is 1. The molecule has 0 saturated heterocycles. The third-order valence-corrected chi connectivity index (χ3v) is 4.60. The molecule has 0 bridgehead atoms. The fourth-order valence-electron chi connectivity index (χ4n) is 1.77. The quantitative estimate of drug-likeness (QED) is 0.589. The number of H-pyrrole nitrogens is 1. The summed E-state index contributed by atoms with van der Waals surface area (Å²) >= 11 is 8.74. The summed E-state index contributed by atoms with van der Waals surface area (Å²) in [5.41, 5.74) is -0.212. The van der Waals surface area contributed by atoms with Gasteiger partial charge in [0.2, 0.25) is 5.28 Å². The number of aromatic amines is 1. The Balaban J connectivity index is 2.05. The summed E-state index contributed by atoms with van der Waals surface area (Å²) in [6.45, 7) is 2.62. The van der Waals surface area contributed by atoms with Crippen LogP contribution < -0.4 is 5.69 Å². The van der Waals surface area contributed by atoms with Crippen LogP contribution in [0.5, 0.6) is 0 Å². The molecule has 104 valence electrons. The van der Waals surface area contributed by atoms with Crippen molar-refractivity contribution < 1.29 is 0 Å². The first-order valence-electron chi connectivity index (χ1n) is 5.93. The largest absolute Gasteiger partial charge is 0.343 e. The predicted molar refractivity (Wildman–Crippen MR) is 79.7 cm³/mol. The van der Waals surface area contributed by atoms with E-state index in [0.717, 1.165) is 16.6 Å². The van der Waals surface area contributed by atoms with Gasteiger partial charge in [-0.2, -0.15) is 0 Å². The lowest BCUT2D eigenvalue weighted by atomic mass is 10.4. The van der Waals surface area contributed by atoms with Gasteiger partial charge in [-0.05, 0) is 41.2 Å². The molecule has 3 aromatic rings. The number of aromatic nitrogens is 5. The minimum Gasteiger partial charge on any atom is -0.270 e. The van der Waals surface area contributed by atoms with E-state index in [2.05, 4.69) is 20.2 Å². The second-order valence-corrected chi connectivity index (χ2v) is 6.19. The molecule has 0 unspecified atom stereocenters. The summed E-state index contributed by atoms with van der Waals surface area (Å²) in [4.78, 5) is 20.9. The van der Waals surface area contributed by atoms with Crippen molar-refractivity contribution >= 4 is 44.9 Å². The predicted octanol–water partition coefficient (Wildman–Crippen LogP) is 2.79. The number of halogens is 1. The van der Waals surface area contributed by atoms with Crippen molar-refractivity contribution in [2.45, 2.75) is 30.1 Å². The maximum Gasteiger partial charge on any atom is 0.343 e. The molecular weight excluding hydrogens is 318 g/mol. The molecule has 0 aliphatic carbocycles. The molecule has 3 aromatic heterocycles. The van der Waals surface area contributed by atoms with Crippen molar-refractivity contribution in [3.8, 4) is 0 Å². The van der Waals surface area contributed by atoms with E-state index in [0.29, 0.717) is 16.7 Å². The molecular formula is C11H10ClN5OS2. The monoisotopic (exact) mass is 327 g/mol. The molecule has 0 atom stereocenters. The van der Waals surface area contributed by atoms with Crippen LogP contribution in [0.1, 0.15) is 13.3 Å². The van der Waals surface area contributed by atoms with E-state index in [1.165, 1.54) is 23.1 Å². The summed E-state index contributed by atoms with van der Waals surface area (Å²) in [7, 11) is 0. The van der Waals surface area contributed by atoms with E-state index in [4.69, 9.17) is 11.6 Å². The minimum absolute atomic E-state index is 0.197. The summed E-state index contributed by atoms with van der Waals surface area (Å²) in [5.74, 6) is 0. The molecule has 0 aliphatic heterocycles. The van der Waals surface area contributed by atoms with Crippen LogP contribution >= 0.6 is 34.7 Å². The molecule has 0 radical (unpaired) electrons. The van der Waals surface area contributed by atoms with Crippen LogP contribution in [0.25, 0.3) is 10.2 Å². The molecule has 0 fully saturated rings. The Bertz CT molecular complexity index is 809. The number of hydrogen-bond donors (Lipinski definition) is 1. The van der Waals surface area contributed by atoms with Crippen molar-refractivity contribution in [3.05, 3.63) is 27.2 Å². The lowest BCUT2D eigenvalue weighted by Crippen LogP contribution is -2.17. The molecule has 20 heavy (non-hydrogen) atoms. The highest BCUT2D eigenvalue weighted by Gasteiger charge is 2.14. The zero-order chi connectivity index (χ0) is 14.1. The van der Waals surface area contributed by atoms with Gasteiger partial charge in [-0.25, -0.2) is 19.9 Å². The molecule has 6 nitrogen and oxygen atoms in total. The average molecular weight is 328 g/mol. The molecule has 3 heterocycles. The number of nitrogens with one attached hydrogen (secondary N) is 1. The van der Waals surface area contributed by atoms with Gasteiger partial charge in [0.1, 0.15) is 9.86 Å². The summed E-state index contributed by atoms with van der Waals surface area (Å²) in [6, 6.07) is 1.94. The number of nitrogens with zero attached hydrogens (tertiary/aromatic N) is 4. The molecule has 0 saturated carbocycles. The van der Waals surface area contributed by atoms with E-state index >= 15 is 0 Å². The van der Waals surface area contributed by atoms with Gasteiger partial charge >= 0.3 is 5.69 Å². The van der Waals surface area contributed by atoms with Gasteiger partial charge in [0.05, 0.1) is 0 Å². The van der Waals surface area contributed by atoms with Crippen LogP contribution in [-0.4, -0.2) is 24.7 Å². The molecule has 0 aliphatic rings. The summed E-state index contributed by atoms with van der Waals surface area (Å²) < 4.78 is 1.60. The Morgan fingerprint density at radius 2 is 2.35 bits per heavy atom. The van der Waals surface area contributed by atoms with Gasteiger partial charge < -0.3 is 0 Å². The van der Waals surface area contributed by atoms with Gasteiger partial charge in [-0.3, -0.25) is 4.57 Å². The number of thiophene rings is 1. The topological polar surface area (TPSA) is 76.5 Å². The SMILES string of the molecule is CCCn1c(Sc2nc(Cl)nc3sccc23)n[nH]c1=O. The molecule has 3 rings (SSSR count). The number of rotatable bonds is 4. The zero-order valence-corrected chi connectivity index (χ0v) is 12.8. The van der Waals surface area contributed by atoms with E-state index < -0.39 is 0 Å². The fraction of sp³-hybridized carbons (Fsp3) is 0.273. The van der Waals surface area contributed by atoms with Gasteiger partial charge in [0.15, 0.2) is 5.16 Å². The highest BCUT2D eigenvalue weighted by Crippen LogP contribution is 2.32. The maximum absolute atomic E-state index is 11.7. The highest BCUT2D eigenvalue weighted by molar-refractivity contribution is 7.99. The van der Waals surface area contributed by atoms with Crippen molar-refractivity contribution in [2.75, 3.05) is 0 Å². The standard InChI is InChI=1S/C11H10ClN5OS2/c1-2-4-17-10(18)15-16-11(17)20-8-6-3-5-19-7(6)13-9(12)14-8/h3,5H,2,4H2,1H3,(H,15,18). The third kappa shape index (κ3) is 2.46. The van der Waals surface area contributed by atoms with Crippen molar-refractivity contribution in [2.24, 2.45) is 0 Å². The average Bonchev–Trinajstić information content (AvgIpc) is 3.00. The first-order valence-corrected chi connectivity index (χ1v) is 8.00. The van der Waals surface area contributed by atoms with E-state index in [1.54, 1.807) is 4.57 Å². The smallest absolute Gasteiger partial charge is 0.270 e. The summed E-state index contributed by atoms with van der Waals surface area (Å²) in [6.07, 6.45) is 0.853. The Hall–Kier alpha value is -1.38. The Labute approximate surface area is 127 Å². The lowest BCUT2D eigenvalue weighted by Gasteiger charge is -2.04. The van der Waals surface area contributed by atoms with E-state index in [9.17, 15) is 4.79 Å². The van der Waals surface area contributed by atoms with Crippen LogP contribution in [-0.2, 0) is 6.54 Å². The fourth-order valence-corrected chi connectivity index (χ4v) is 3.82. The Morgan fingerprint density at radius 1 is 1.50 bits per heavy atom. The third-order valence-electron chi connectivity index (χ3n) is 2.62. The van der Waals surface area contributed by atoms with Gasteiger partial charge in [-0.1, -0.05) is 6.92 Å². The van der Waals surface area contributed by atoms with Crippen LogP contribution in [0.15, 0.2) is 26.4 Å². The van der Waals surface area contributed by atoms with E-state index in [-0.39, 0.29) is 11.0 Å². The van der Waals surface area contributed by atoms with Gasteiger partial charge in [0.25, 0.3) is 0 Å². The zero-order valence-electron chi connectivity index (χ0n) is 10.5. The Morgan fingerprint density at radius 3 is 3.15 bits per heavy atom. The van der Waals surface area contributed by atoms with E-state index in [1.807, 2.05) is 18.4 Å². The number of hydrogen-bond acceptors (Lipinski definition) is 6. The Kier molecular flexibility index (Phi) is 3.77. The lowest BCUT2D eigenvalue weighted by molar-refractivity contribution is 0.603. The summed E-state index contributed by atoms with van der Waals surface area (Å²) in [5, 5.41) is 10.8. The van der Waals surface area contributed by atoms with Crippen molar-refractivity contribution in [1.29, 1.82) is 0 Å². The second-order valence-electron chi connectivity index (χ2n) is 4.00. The van der Waals surface area contributed by atoms with Crippen molar-refractivity contribution in [3.63, 3.8) is 0 Å². The first-order chi connectivity index (χ1) is 9.69. The molecule has 9 heteroatoms.